The number of carboxylic acid groups (broad SMARTS) is 1. The number of amides is 2. The number of nitrogens with zero attached hydrogens (tertiary/aromatic N) is 2. The van der Waals surface area contributed by atoms with E-state index in [2.05, 4.69) is 26.8 Å². The summed E-state index contributed by atoms with van der Waals surface area (Å²) in [7, 11) is 0. The minimum atomic E-state index is -0.804. The molecule has 0 unspecified atom stereocenters. The van der Waals surface area contributed by atoms with Crippen molar-refractivity contribution in [3.63, 3.8) is 0 Å². The van der Waals surface area contributed by atoms with Gasteiger partial charge in [0.25, 0.3) is 5.69 Å². The Morgan fingerprint density at radius 2 is 1.82 bits per heavy atom. The van der Waals surface area contributed by atoms with Gasteiger partial charge in [0.05, 0.1) is 22.2 Å². The molecule has 6 aliphatic rings. The molecule has 8 atom stereocenters. The third-order valence-corrected chi connectivity index (χ3v) is 11.5. The molecule has 1 aromatic rings. The number of fused-ring (bicyclic) bond motifs is 1. The minimum absolute atomic E-state index is 0.00379. The molecule has 38 heavy (non-hydrogen) atoms. The fourth-order valence-corrected chi connectivity index (χ4v) is 10.0. The van der Waals surface area contributed by atoms with E-state index >= 15 is 0 Å². The Bertz CT molecular complexity index is 1300. The number of benzene rings is 1. The van der Waals surface area contributed by atoms with E-state index in [1.807, 2.05) is 6.92 Å². The van der Waals surface area contributed by atoms with Crippen LogP contribution in [0.25, 0.3) is 0 Å². The second-order valence-corrected chi connectivity index (χ2v) is 13.2. The highest BCUT2D eigenvalue weighted by Crippen LogP contribution is 2.74. The molecule has 5 aliphatic carbocycles. The first kappa shape index (κ1) is 25.3. The number of hydrogen-bond acceptors (Lipinski definition) is 5. The van der Waals surface area contributed by atoms with Gasteiger partial charge in [0.1, 0.15) is 5.69 Å². The molecule has 8 nitrogen and oxygen atoms in total. The third-order valence-electron chi connectivity index (χ3n) is 11.5. The van der Waals surface area contributed by atoms with E-state index in [-0.39, 0.29) is 52.3 Å². The van der Waals surface area contributed by atoms with Crippen LogP contribution in [-0.4, -0.2) is 27.8 Å². The first-order valence-corrected chi connectivity index (χ1v) is 14.0. The molecule has 1 aromatic carbocycles. The maximum atomic E-state index is 14.3. The minimum Gasteiger partial charge on any atom is -0.481 e. The van der Waals surface area contributed by atoms with Crippen molar-refractivity contribution in [3.8, 4) is 0 Å². The summed E-state index contributed by atoms with van der Waals surface area (Å²) in [6.07, 6.45) is 6.84. The lowest BCUT2D eigenvalue weighted by molar-refractivity contribution is -0.384. The molecule has 4 fully saturated rings. The van der Waals surface area contributed by atoms with Crippen LogP contribution in [0.15, 0.2) is 35.9 Å². The maximum Gasteiger partial charge on any atom is 0.309 e. The predicted octanol–water partition coefficient (Wildman–Crippen LogP) is 5.61. The van der Waals surface area contributed by atoms with Gasteiger partial charge in [-0.3, -0.25) is 24.5 Å². The van der Waals surface area contributed by atoms with Crippen molar-refractivity contribution in [2.45, 2.75) is 66.2 Å². The van der Waals surface area contributed by atoms with Crippen molar-refractivity contribution < 1.29 is 24.4 Å². The largest absolute Gasteiger partial charge is 0.481 e. The molecule has 0 radical (unpaired) electrons. The number of aliphatic carboxylic acids is 1. The molecule has 3 saturated carbocycles. The summed E-state index contributed by atoms with van der Waals surface area (Å²) in [4.78, 5) is 53.3. The Labute approximate surface area is 222 Å². The van der Waals surface area contributed by atoms with E-state index in [9.17, 15) is 29.6 Å². The average Bonchev–Trinajstić information content (AvgIpc) is 3.15. The van der Waals surface area contributed by atoms with Gasteiger partial charge in [-0.1, -0.05) is 51.0 Å². The number of anilines is 1. The van der Waals surface area contributed by atoms with E-state index in [1.165, 1.54) is 17.7 Å². The van der Waals surface area contributed by atoms with Crippen LogP contribution in [-0.2, 0) is 14.4 Å². The fourth-order valence-electron chi connectivity index (χ4n) is 10.0. The van der Waals surface area contributed by atoms with E-state index in [1.54, 1.807) is 12.1 Å². The number of allylic oxidation sites excluding steroid dienone is 2. The zero-order valence-corrected chi connectivity index (χ0v) is 22.5. The van der Waals surface area contributed by atoms with Gasteiger partial charge in [-0.15, -0.1) is 0 Å². The van der Waals surface area contributed by atoms with E-state index in [0.29, 0.717) is 19.3 Å². The number of nitro groups is 1. The Hall–Kier alpha value is -3.03. The van der Waals surface area contributed by atoms with Crippen molar-refractivity contribution in [1.82, 2.24) is 0 Å². The van der Waals surface area contributed by atoms with Gasteiger partial charge < -0.3 is 5.11 Å². The van der Waals surface area contributed by atoms with E-state index < -0.39 is 33.6 Å². The van der Waals surface area contributed by atoms with Gasteiger partial charge in [0.2, 0.25) is 11.8 Å². The van der Waals surface area contributed by atoms with Crippen LogP contribution in [0, 0.1) is 61.9 Å². The molecule has 202 valence electrons. The van der Waals surface area contributed by atoms with Crippen LogP contribution >= 0.6 is 0 Å². The molecule has 0 aromatic heterocycles. The van der Waals surface area contributed by atoms with Crippen LogP contribution in [0.1, 0.15) is 66.2 Å². The first-order chi connectivity index (χ1) is 17.9. The quantitative estimate of drug-likeness (QED) is 0.239. The van der Waals surface area contributed by atoms with Crippen LogP contribution in [0.5, 0.6) is 0 Å². The topological polar surface area (TPSA) is 118 Å². The van der Waals surface area contributed by atoms with Gasteiger partial charge in [-0.2, -0.15) is 0 Å². The lowest BCUT2D eigenvalue weighted by Gasteiger charge is -2.68. The molecule has 2 amide bonds. The first-order valence-electron chi connectivity index (χ1n) is 14.0. The molecule has 7 rings (SSSR count). The summed E-state index contributed by atoms with van der Waals surface area (Å²) in [6.45, 7) is 8.39. The summed E-state index contributed by atoms with van der Waals surface area (Å²) < 4.78 is 0. The third kappa shape index (κ3) is 2.94. The zero-order chi connectivity index (χ0) is 27.4. The molecule has 1 heterocycles. The molecule has 8 heteroatoms. The van der Waals surface area contributed by atoms with E-state index in [0.717, 1.165) is 24.2 Å². The summed E-state index contributed by atoms with van der Waals surface area (Å²) in [6, 6.07) is 6.00. The smallest absolute Gasteiger partial charge is 0.309 e. The monoisotopic (exact) mass is 520 g/mol. The van der Waals surface area contributed by atoms with Crippen molar-refractivity contribution in [1.29, 1.82) is 0 Å². The number of rotatable bonds is 4. The SMILES string of the molecule is CC(C)C1=C[C@@]23CC[C@H]4[C@](C)(CCC[C@@]4(C)C(=O)O)[C@@H]2C[C@H]1[C@@H]1C(=O)N(c2ccccc2[N+](=O)[O-])C(=O)[C@H]13. The zero-order valence-electron chi connectivity index (χ0n) is 22.5. The highest BCUT2D eigenvalue weighted by atomic mass is 16.6. The molecular weight excluding hydrogens is 484 g/mol. The van der Waals surface area contributed by atoms with Crippen molar-refractivity contribution in [2.24, 2.45) is 51.8 Å². The Kier molecular flexibility index (Phi) is 5.31. The van der Waals surface area contributed by atoms with Gasteiger partial charge >= 0.3 is 5.97 Å². The van der Waals surface area contributed by atoms with Crippen LogP contribution in [0.2, 0.25) is 0 Å². The molecule has 1 aliphatic heterocycles. The second kappa shape index (κ2) is 7.99. The molecule has 1 N–H and O–H groups in total. The number of hydrogen-bond donors (Lipinski definition) is 1. The lowest BCUT2D eigenvalue weighted by Crippen LogP contribution is -2.65. The highest BCUT2D eigenvalue weighted by molar-refractivity contribution is 6.23. The number of imide groups is 1. The predicted molar refractivity (Wildman–Crippen MR) is 140 cm³/mol. The number of para-hydroxylation sites is 2. The summed E-state index contributed by atoms with van der Waals surface area (Å²) in [5.41, 5.74) is -0.593. The van der Waals surface area contributed by atoms with Crippen molar-refractivity contribution in [2.75, 3.05) is 4.90 Å². The lowest BCUT2D eigenvalue weighted by atomic mass is 9.34. The standard InChI is InChI=1S/C30H36N2O6/c1-16(2)18-15-30-13-10-21-28(3,11-7-12-29(21,4)27(35)36)22(30)14-17(18)23-24(30)26(34)31(25(23)33)19-8-5-6-9-20(19)32(37)38/h5-6,8-9,15-17,21-24H,7,10-14H2,1-4H3,(H,35,36)/t17-,21+,22+,23+,24+,28+,29-,30+/m1/s1. The van der Waals surface area contributed by atoms with Gasteiger partial charge in [-0.05, 0) is 74.2 Å². The second-order valence-electron chi connectivity index (χ2n) is 13.2. The van der Waals surface area contributed by atoms with Crippen molar-refractivity contribution in [3.05, 3.63) is 46.0 Å². The molecule has 2 bridgehead atoms. The highest BCUT2D eigenvalue weighted by Gasteiger charge is 2.73. The average molecular weight is 521 g/mol. The number of nitro benzene ring substituents is 1. The number of carbonyl (C=O) groups is 3. The van der Waals surface area contributed by atoms with Crippen LogP contribution < -0.4 is 4.90 Å². The number of carbonyl (C=O) groups excluding carboxylic acids is 2. The van der Waals surface area contributed by atoms with Crippen LogP contribution in [0.4, 0.5) is 11.4 Å². The Balaban J connectivity index is 1.50. The normalized spacial score (nSPS) is 41.4. The molecular formula is C30H36N2O6. The van der Waals surface area contributed by atoms with Crippen LogP contribution in [0.3, 0.4) is 0 Å². The maximum absolute atomic E-state index is 14.3. The Morgan fingerprint density at radius 3 is 2.47 bits per heavy atom. The van der Waals surface area contributed by atoms with Gasteiger partial charge in [0, 0.05) is 11.5 Å². The molecule has 1 saturated heterocycles. The summed E-state index contributed by atoms with van der Waals surface area (Å²) in [5, 5.41) is 22.1. The van der Waals surface area contributed by atoms with Gasteiger partial charge in [-0.25, -0.2) is 4.90 Å². The van der Waals surface area contributed by atoms with E-state index in [4.69, 9.17) is 0 Å². The number of carboxylic acids is 1. The van der Waals surface area contributed by atoms with Gasteiger partial charge in [0.15, 0.2) is 0 Å². The fraction of sp³-hybridized carbons (Fsp3) is 0.633. The van der Waals surface area contributed by atoms with Crippen molar-refractivity contribution >= 4 is 29.2 Å². The summed E-state index contributed by atoms with van der Waals surface area (Å²) >= 11 is 0. The molecule has 1 spiro atoms. The summed E-state index contributed by atoms with van der Waals surface area (Å²) in [5.74, 6) is -2.32. The Morgan fingerprint density at radius 1 is 1.11 bits per heavy atom.